The molecule has 0 bridgehead atoms. The Bertz CT molecular complexity index is 280. The largest absolute Gasteiger partial charge is 0.550 e. The van der Waals surface area contributed by atoms with Crippen molar-refractivity contribution in [3.05, 3.63) is 12.7 Å². The summed E-state index contributed by atoms with van der Waals surface area (Å²) in [6.45, 7) is 3.23. The lowest BCUT2D eigenvalue weighted by Gasteiger charge is -2.34. The molecule has 1 N–H and O–H groups in total. The normalized spacial score (nSPS) is 15.5. The fourth-order valence-electron chi connectivity index (χ4n) is 1.43. The lowest BCUT2D eigenvalue weighted by Crippen LogP contribution is -2.55. The van der Waals surface area contributed by atoms with E-state index in [4.69, 9.17) is 0 Å². The summed E-state index contributed by atoms with van der Waals surface area (Å²) in [5, 5.41) is 20.4. The van der Waals surface area contributed by atoms with Crippen LogP contribution in [0, 0.1) is 0 Å². The standard InChI is InChI=1S/C10H17NO4/c1-5-8(12)10(15,6-9(13)14)7-11(2,3)4/h5,15H,1,6-7H2,2-4H3/t10-/m1/s1. The third-order valence-corrected chi connectivity index (χ3v) is 1.82. The van der Waals surface area contributed by atoms with E-state index in [-0.39, 0.29) is 11.0 Å². The van der Waals surface area contributed by atoms with Crippen molar-refractivity contribution in [1.29, 1.82) is 0 Å². The maximum Gasteiger partial charge on any atom is 0.192 e. The number of likely N-dealkylation sites (N-methyl/N-ethyl adjacent to an activating group) is 1. The molecular weight excluding hydrogens is 198 g/mol. The van der Waals surface area contributed by atoms with Gasteiger partial charge in [-0.15, -0.1) is 0 Å². The maximum absolute atomic E-state index is 11.4. The highest BCUT2D eigenvalue weighted by molar-refractivity contribution is 5.98. The topological polar surface area (TPSA) is 77.4 Å². The van der Waals surface area contributed by atoms with Crippen molar-refractivity contribution in [2.45, 2.75) is 12.0 Å². The molecule has 0 rings (SSSR count). The number of carboxylic acid groups (broad SMARTS) is 1. The summed E-state index contributed by atoms with van der Waals surface area (Å²) in [7, 11) is 5.24. The molecule has 0 aromatic rings. The molecule has 0 fully saturated rings. The molecule has 0 aromatic heterocycles. The van der Waals surface area contributed by atoms with Crippen LogP contribution in [0.4, 0.5) is 0 Å². The summed E-state index contributed by atoms with van der Waals surface area (Å²) < 4.78 is 0.267. The van der Waals surface area contributed by atoms with E-state index in [1.165, 1.54) is 0 Å². The van der Waals surface area contributed by atoms with Crippen molar-refractivity contribution in [2.24, 2.45) is 0 Å². The number of carboxylic acids is 1. The minimum absolute atomic E-state index is 0.00810. The molecule has 15 heavy (non-hydrogen) atoms. The Kier molecular flexibility index (Phi) is 4.18. The highest BCUT2D eigenvalue weighted by atomic mass is 16.4. The van der Waals surface area contributed by atoms with Gasteiger partial charge in [0.1, 0.15) is 6.54 Å². The van der Waals surface area contributed by atoms with E-state index in [1.54, 1.807) is 21.1 Å². The Morgan fingerprint density at radius 3 is 2.20 bits per heavy atom. The van der Waals surface area contributed by atoms with Gasteiger partial charge in [0, 0.05) is 12.4 Å². The third-order valence-electron chi connectivity index (χ3n) is 1.82. The minimum atomic E-state index is -1.93. The Balaban J connectivity index is 4.93. The molecule has 0 saturated carbocycles. The third kappa shape index (κ3) is 4.71. The maximum atomic E-state index is 11.4. The SMILES string of the molecule is C=CC(=O)[C@@](O)(CC(=O)[O-])C[N+](C)(C)C. The van der Waals surface area contributed by atoms with Gasteiger partial charge in [0.05, 0.1) is 21.1 Å². The number of hydrogen-bond acceptors (Lipinski definition) is 4. The van der Waals surface area contributed by atoms with Gasteiger partial charge in [-0.05, 0) is 6.08 Å². The summed E-state index contributed by atoms with van der Waals surface area (Å²) in [6, 6.07) is 0. The van der Waals surface area contributed by atoms with E-state index in [1.807, 2.05) is 0 Å². The number of ketones is 1. The summed E-state index contributed by atoms with van der Waals surface area (Å²) in [6.07, 6.45) is 0.214. The lowest BCUT2D eigenvalue weighted by atomic mass is 9.93. The molecule has 0 radical (unpaired) electrons. The van der Waals surface area contributed by atoms with Crippen LogP contribution in [-0.4, -0.2) is 54.6 Å². The predicted molar refractivity (Wildman–Crippen MR) is 52.7 cm³/mol. The monoisotopic (exact) mass is 215 g/mol. The molecular formula is C10H17NO4. The fourth-order valence-corrected chi connectivity index (χ4v) is 1.43. The van der Waals surface area contributed by atoms with Gasteiger partial charge in [0.2, 0.25) is 0 Å². The van der Waals surface area contributed by atoms with Gasteiger partial charge < -0.3 is 19.5 Å². The number of carbonyl (C=O) groups excluding carboxylic acids is 2. The van der Waals surface area contributed by atoms with Crippen LogP contribution in [0.25, 0.3) is 0 Å². The first-order valence-electron chi connectivity index (χ1n) is 4.50. The van der Waals surface area contributed by atoms with Crippen molar-refractivity contribution >= 4 is 11.8 Å². The van der Waals surface area contributed by atoms with Crippen LogP contribution < -0.4 is 5.11 Å². The van der Waals surface area contributed by atoms with Crippen molar-refractivity contribution in [1.82, 2.24) is 0 Å². The van der Waals surface area contributed by atoms with Crippen LogP contribution in [0.1, 0.15) is 6.42 Å². The number of carbonyl (C=O) groups is 2. The van der Waals surface area contributed by atoms with Gasteiger partial charge in [-0.1, -0.05) is 6.58 Å². The zero-order chi connectivity index (χ0) is 12.3. The second-order valence-electron chi connectivity index (χ2n) is 4.60. The highest BCUT2D eigenvalue weighted by Crippen LogP contribution is 2.15. The Hall–Kier alpha value is -1.20. The van der Waals surface area contributed by atoms with Gasteiger partial charge in [-0.3, -0.25) is 4.79 Å². The lowest BCUT2D eigenvalue weighted by molar-refractivity contribution is -0.875. The highest BCUT2D eigenvalue weighted by Gasteiger charge is 2.39. The van der Waals surface area contributed by atoms with E-state index in [0.29, 0.717) is 0 Å². The molecule has 0 unspecified atom stereocenters. The first-order valence-corrected chi connectivity index (χ1v) is 4.50. The second kappa shape index (κ2) is 4.55. The number of aliphatic hydroxyl groups is 1. The molecule has 0 aliphatic rings. The quantitative estimate of drug-likeness (QED) is 0.424. The van der Waals surface area contributed by atoms with Crippen molar-refractivity contribution in [3.8, 4) is 0 Å². The van der Waals surface area contributed by atoms with Crippen LogP contribution in [0.3, 0.4) is 0 Å². The zero-order valence-corrected chi connectivity index (χ0v) is 9.32. The summed E-state index contributed by atoms with van der Waals surface area (Å²) in [4.78, 5) is 21.8. The van der Waals surface area contributed by atoms with Gasteiger partial charge in [-0.2, -0.15) is 0 Å². The molecule has 5 nitrogen and oxygen atoms in total. The van der Waals surface area contributed by atoms with Crippen LogP contribution in [0.5, 0.6) is 0 Å². The number of quaternary nitrogens is 1. The molecule has 0 spiro atoms. The number of hydrogen-bond donors (Lipinski definition) is 1. The zero-order valence-electron chi connectivity index (χ0n) is 9.32. The Morgan fingerprint density at radius 2 is 1.93 bits per heavy atom. The van der Waals surface area contributed by atoms with E-state index in [2.05, 4.69) is 6.58 Å². The molecule has 0 amide bonds. The van der Waals surface area contributed by atoms with Gasteiger partial charge >= 0.3 is 0 Å². The molecule has 1 atom stereocenters. The molecule has 5 heteroatoms. The Morgan fingerprint density at radius 1 is 1.47 bits per heavy atom. The molecule has 0 aromatic carbocycles. The van der Waals surface area contributed by atoms with E-state index < -0.39 is 23.8 Å². The number of aliphatic carboxylic acids is 1. The molecule has 0 aliphatic carbocycles. The van der Waals surface area contributed by atoms with Crippen LogP contribution >= 0.6 is 0 Å². The average molecular weight is 215 g/mol. The van der Waals surface area contributed by atoms with Crippen LogP contribution in [0.2, 0.25) is 0 Å². The summed E-state index contributed by atoms with van der Waals surface area (Å²) in [5.74, 6) is -2.15. The Labute approximate surface area is 89.2 Å². The van der Waals surface area contributed by atoms with Crippen molar-refractivity contribution < 1.29 is 24.3 Å². The smallest absolute Gasteiger partial charge is 0.192 e. The molecule has 0 saturated heterocycles. The molecule has 86 valence electrons. The van der Waals surface area contributed by atoms with Gasteiger partial charge in [-0.25, -0.2) is 0 Å². The van der Waals surface area contributed by atoms with E-state index >= 15 is 0 Å². The summed E-state index contributed by atoms with van der Waals surface area (Å²) >= 11 is 0. The van der Waals surface area contributed by atoms with Crippen molar-refractivity contribution in [2.75, 3.05) is 27.7 Å². The van der Waals surface area contributed by atoms with Crippen molar-refractivity contribution in [3.63, 3.8) is 0 Å². The average Bonchev–Trinajstić information content (AvgIpc) is 1.97. The van der Waals surface area contributed by atoms with Crippen LogP contribution in [0.15, 0.2) is 12.7 Å². The van der Waals surface area contributed by atoms with E-state index in [0.717, 1.165) is 6.08 Å². The first-order chi connectivity index (χ1) is 6.60. The van der Waals surface area contributed by atoms with E-state index in [9.17, 15) is 19.8 Å². The molecule has 0 heterocycles. The predicted octanol–water partition coefficient (Wildman–Crippen LogP) is -1.68. The summed E-state index contributed by atoms with van der Waals surface area (Å²) in [5.41, 5.74) is -1.93. The fraction of sp³-hybridized carbons (Fsp3) is 0.600. The number of rotatable bonds is 6. The second-order valence-corrected chi connectivity index (χ2v) is 4.60. The van der Waals surface area contributed by atoms with Gasteiger partial charge in [0.25, 0.3) is 0 Å². The minimum Gasteiger partial charge on any atom is -0.550 e. The molecule has 0 aliphatic heterocycles. The number of nitrogens with zero attached hydrogens (tertiary/aromatic N) is 1. The first kappa shape index (κ1) is 13.8. The van der Waals surface area contributed by atoms with Gasteiger partial charge in [0.15, 0.2) is 11.4 Å². The van der Waals surface area contributed by atoms with Crippen LogP contribution in [-0.2, 0) is 9.59 Å².